The molecule has 0 aliphatic rings. The van der Waals surface area contributed by atoms with Crippen molar-refractivity contribution in [3.63, 3.8) is 0 Å². The summed E-state index contributed by atoms with van der Waals surface area (Å²) in [5.41, 5.74) is 2.00. The number of methoxy groups -OCH3 is 1. The molecular formula is C19H16ClNO4S. The minimum absolute atomic E-state index is 0.152. The van der Waals surface area contributed by atoms with Crippen LogP contribution in [0, 0.1) is 6.92 Å². The Kier molecular flexibility index (Phi) is 5.25. The van der Waals surface area contributed by atoms with Gasteiger partial charge in [-0.1, -0.05) is 23.4 Å². The molecule has 0 aliphatic heterocycles. The van der Waals surface area contributed by atoms with E-state index in [-0.39, 0.29) is 6.54 Å². The van der Waals surface area contributed by atoms with Crippen molar-refractivity contribution in [2.45, 2.75) is 23.3 Å². The minimum atomic E-state index is -0.926. The Balaban J connectivity index is 2.17. The van der Waals surface area contributed by atoms with E-state index in [0.717, 1.165) is 26.4 Å². The lowest BCUT2D eigenvalue weighted by molar-refractivity contribution is -0.137. The van der Waals surface area contributed by atoms with Crippen molar-refractivity contribution in [3.05, 3.63) is 58.7 Å². The summed E-state index contributed by atoms with van der Waals surface area (Å²) in [5, 5.41) is 10.7. The Morgan fingerprint density at radius 2 is 1.88 bits per heavy atom. The van der Waals surface area contributed by atoms with E-state index in [9.17, 15) is 14.7 Å². The number of esters is 1. The van der Waals surface area contributed by atoms with Crippen LogP contribution in [0.15, 0.2) is 52.3 Å². The van der Waals surface area contributed by atoms with Gasteiger partial charge in [-0.25, -0.2) is 4.79 Å². The molecule has 2 aromatic carbocycles. The van der Waals surface area contributed by atoms with Gasteiger partial charge in [0.25, 0.3) is 0 Å². The van der Waals surface area contributed by atoms with E-state index in [2.05, 4.69) is 0 Å². The van der Waals surface area contributed by atoms with Gasteiger partial charge in [0.1, 0.15) is 6.54 Å². The van der Waals surface area contributed by atoms with Crippen LogP contribution in [-0.2, 0) is 16.1 Å². The Morgan fingerprint density at radius 1 is 1.19 bits per heavy atom. The van der Waals surface area contributed by atoms with Crippen LogP contribution in [0.3, 0.4) is 0 Å². The van der Waals surface area contributed by atoms with Gasteiger partial charge in [-0.05, 0) is 49.4 Å². The standard InChI is InChI=1S/C19H16ClNO4S/c1-11-18(26-14-6-4-13(20)5-7-14)15-9-12(19(24)25-2)3-8-16(15)21(11)10-17(22)23/h3-9H,10H2,1-2H3,(H,22,23). The van der Waals surface area contributed by atoms with E-state index in [4.69, 9.17) is 16.3 Å². The SMILES string of the molecule is COC(=O)c1ccc2c(c1)c(Sc1ccc(Cl)cc1)c(C)n2CC(=O)O. The third kappa shape index (κ3) is 3.57. The lowest BCUT2D eigenvalue weighted by Crippen LogP contribution is -2.10. The molecule has 0 fully saturated rings. The summed E-state index contributed by atoms with van der Waals surface area (Å²) in [7, 11) is 1.33. The number of benzene rings is 2. The van der Waals surface area contributed by atoms with Crippen molar-refractivity contribution in [2.24, 2.45) is 0 Å². The van der Waals surface area contributed by atoms with Crippen LogP contribution < -0.4 is 0 Å². The first-order valence-corrected chi connectivity index (χ1v) is 8.96. The zero-order chi connectivity index (χ0) is 18.8. The number of carbonyl (C=O) groups excluding carboxylic acids is 1. The van der Waals surface area contributed by atoms with Crippen LogP contribution in [0.1, 0.15) is 16.1 Å². The van der Waals surface area contributed by atoms with Gasteiger partial charge in [-0.3, -0.25) is 4.79 Å². The molecule has 3 rings (SSSR count). The second kappa shape index (κ2) is 7.43. The van der Waals surface area contributed by atoms with E-state index in [1.54, 1.807) is 34.9 Å². The molecule has 26 heavy (non-hydrogen) atoms. The van der Waals surface area contributed by atoms with Crippen molar-refractivity contribution in [2.75, 3.05) is 7.11 Å². The number of carboxylic acid groups (broad SMARTS) is 1. The Hall–Kier alpha value is -2.44. The average molecular weight is 390 g/mol. The van der Waals surface area contributed by atoms with E-state index >= 15 is 0 Å². The van der Waals surface area contributed by atoms with Gasteiger partial charge < -0.3 is 14.4 Å². The highest BCUT2D eigenvalue weighted by molar-refractivity contribution is 7.99. The Labute approximate surface area is 159 Å². The molecule has 5 nitrogen and oxygen atoms in total. The van der Waals surface area contributed by atoms with Gasteiger partial charge in [0, 0.05) is 31.4 Å². The summed E-state index contributed by atoms with van der Waals surface area (Å²) >= 11 is 7.45. The summed E-state index contributed by atoms with van der Waals surface area (Å²) in [5.74, 6) is -1.36. The van der Waals surface area contributed by atoms with Crippen LogP contribution >= 0.6 is 23.4 Å². The summed E-state index contributed by atoms with van der Waals surface area (Å²) < 4.78 is 6.53. The molecule has 0 amide bonds. The lowest BCUT2D eigenvalue weighted by atomic mass is 10.1. The fourth-order valence-corrected chi connectivity index (χ4v) is 3.95. The van der Waals surface area contributed by atoms with E-state index in [1.807, 2.05) is 19.1 Å². The highest BCUT2D eigenvalue weighted by atomic mass is 35.5. The molecule has 3 aromatic rings. The second-order valence-corrected chi connectivity index (χ2v) is 7.19. The van der Waals surface area contributed by atoms with E-state index < -0.39 is 11.9 Å². The number of rotatable bonds is 5. The summed E-state index contributed by atoms with van der Waals surface area (Å²) in [6.07, 6.45) is 0. The van der Waals surface area contributed by atoms with Gasteiger partial charge >= 0.3 is 11.9 Å². The van der Waals surface area contributed by atoms with Crippen molar-refractivity contribution in [1.29, 1.82) is 0 Å². The third-order valence-corrected chi connectivity index (χ3v) is 5.49. The molecule has 0 aliphatic carbocycles. The number of hydrogen-bond donors (Lipinski definition) is 1. The van der Waals surface area contributed by atoms with Gasteiger partial charge in [0.05, 0.1) is 12.7 Å². The predicted molar refractivity (Wildman–Crippen MR) is 101 cm³/mol. The molecule has 134 valence electrons. The van der Waals surface area contributed by atoms with Crippen LogP contribution in [0.4, 0.5) is 0 Å². The number of carbonyl (C=O) groups is 2. The molecule has 0 bridgehead atoms. The zero-order valence-electron chi connectivity index (χ0n) is 14.2. The van der Waals surface area contributed by atoms with Crippen LogP contribution in [-0.4, -0.2) is 28.7 Å². The summed E-state index contributed by atoms with van der Waals surface area (Å²) in [4.78, 5) is 25.0. The third-order valence-electron chi connectivity index (χ3n) is 4.01. The number of ether oxygens (including phenoxy) is 1. The van der Waals surface area contributed by atoms with Crippen LogP contribution in [0.25, 0.3) is 10.9 Å². The maximum absolute atomic E-state index is 11.9. The molecule has 0 radical (unpaired) electrons. The van der Waals surface area contributed by atoms with Crippen molar-refractivity contribution in [3.8, 4) is 0 Å². The number of aromatic nitrogens is 1. The van der Waals surface area contributed by atoms with Crippen molar-refractivity contribution >= 4 is 46.2 Å². The average Bonchev–Trinajstić information content (AvgIpc) is 2.87. The first-order chi connectivity index (χ1) is 12.4. The van der Waals surface area contributed by atoms with E-state index in [0.29, 0.717) is 10.6 Å². The van der Waals surface area contributed by atoms with Crippen molar-refractivity contribution in [1.82, 2.24) is 4.57 Å². The van der Waals surface area contributed by atoms with Crippen molar-refractivity contribution < 1.29 is 19.4 Å². The van der Waals surface area contributed by atoms with Crippen LogP contribution in [0.5, 0.6) is 0 Å². The van der Waals surface area contributed by atoms with Gasteiger partial charge in [-0.15, -0.1) is 0 Å². The molecule has 1 heterocycles. The van der Waals surface area contributed by atoms with E-state index in [1.165, 1.54) is 18.9 Å². The molecule has 0 spiro atoms. The first-order valence-electron chi connectivity index (χ1n) is 7.77. The molecular weight excluding hydrogens is 374 g/mol. The lowest BCUT2D eigenvalue weighted by Gasteiger charge is -2.05. The number of carboxylic acids is 1. The van der Waals surface area contributed by atoms with Crippen LogP contribution in [0.2, 0.25) is 5.02 Å². The number of nitrogens with zero attached hydrogens (tertiary/aromatic N) is 1. The van der Waals surface area contributed by atoms with Gasteiger partial charge in [0.2, 0.25) is 0 Å². The topological polar surface area (TPSA) is 68.5 Å². The highest BCUT2D eigenvalue weighted by Crippen LogP contribution is 2.39. The second-order valence-electron chi connectivity index (χ2n) is 5.67. The number of aliphatic carboxylic acids is 1. The smallest absolute Gasteiger partial charge is 0.337 e. The normalized spacial score (nSPS) is 10.9. The predicted octanol–water partition coefficient (Wildman–Crippen LogP) is 4.63. The fraction of sp³-hybridized carbons (Fsp3) is 0.158. The Bertz CT molecular complexity index is 995. The van der Waals surface area contributed by atoms with Gasteiger partial charge in [0.15, 0.2) is 0 Å². The number of fused-ring (bicyclic) bond motifs is 1. The number of halogens is 1. The molecule has 7 heteroatoms. The maximum atomic E-state index is 11.9. The molecule has 0 saturated carbocycles. The minimum Gasteiger partial charge on any atom is -0.480 e. The molecule has 0 saturated heterocycles. The first kappa shape index (κ1) is 18.4. The zero-order valence-corrected chi connectivity index (χ0v) is 15.7. The Morgan fingerprint density at radius 3 is 2.50 bits per heavy atom. The monoisotopic (exact) mass is 389 g/mol. The molecule has 1 N–H and O–H groups in total. The number of hydrogen-bond acceptors (Lipinski definition) is 4. The fourth-order valence-electron chi connectivity index (χ4n) is 2.78. The summed E-state index contributed by atoms with van der Waals surface area (Å²) in [6, 6.07) is 12.5. The maximum Gasteiger partial charge on any atom is 0.337 e. The molecule has 0 unspecified atom stereocenters. The van der Waals surface area contributed by atoms with Gasteiger partial charge in [-0.2, -0.15) is 0 Å². The molecule has 1 aromatic heterocycles. The largest absolute Gasteiger partial charge is 0.480 e. The summed E-state index contributed by atoms with van der Waals surface area (Å²) in [6.45, 7) is 1.72. The quantitative estimate of drug-likeness (QED) is 0.644. The molecule has 0 atom stereocenters. The highest BCUT2D eigenvalue weighted by Gasteiger charge is 2.19.